The summed E-state index contributed by atoms with van der Waals surface area (Å²) in [6, 6.07) is 0. The average molecular weight is 213 g/mol. The summed E-state index contributed by atoms with van der Waals surface area (Å²) in [5.74, 6) is 2.22. The molecule has 1 aliphatic carbocycles. The number of rotatable bonds is 3. The number of hydrogen-bond acceptors (Lipinski definition) is 2. The predicted molar refractivity (Wildman–Crippen MR) is 64.3 cm³/mol. The van der Waals surface area contributed by atoms with Crippen molar-refractivity contribution in [3.63, 3.8) is 0 Å². The van der Waals surface area contributed by atoms with E-state index in [0.29, 0.717) is 24.2 Å². The molecule has 0 aromatic carbocycles. The molecule has 1 fully saturated rings. The normalized spacial score (nSPS) is 36.6. The highest BCUT2D eigenvalue weighted by Gasteiger charge is 2.41. The molecule has 4 unspecified atom stereocenters. The summed E-state index contributed by atoms with van der Waals surface area (Å²) >= 11 is 0. The van der Waals surface area contributed by atoms with Gasteiger partial charge in [0.15, 0.2) is 0 Å². The smallest absolute Gasteiger partial charge is 0.116 e. The molecule has 0 amide bonds. The third-order valence-electron chi connectivity index (χ3n) is 4.23. The molecule has 1 rings (SSSR count). The zero-order valence-corrected chi connectivity index (χ0v) is 10.7. The molecule has 1 saturated carbocycles. The molecule has 0 bridgehead atoms. The summed E-state index contributed by atoms with van der Waals surface area (Å²) in [6.07, 6.45) is 4.26. The molecule has 2 heteroatoms. The summed E-state index contributed by atoms with van der Waals surface area (Å²) in [7, 11) is 0. The molecule has 0 heterocycles. The Bertz CT molecular complexity index is 201. The van der Waals surface area contributed by atoms with Crippen molar-refractivity contribution in [3.8, 4) is 0 Å². The number of aliphatic hydroxyl groups is 1. The first-order valence-corrected chi connectivity index (χ1v) is 6.39. The second-order valence-corrected chi connectivity index (χ2v) is 5.78. The molecule has 0 saturated heterocycles. The Morgan fingerprint density at radius 2 is 2.00 bits per heavy atom. The Kier molecular flexibility index (Phi) is 4.19. The number of hydrogen-bond donors (Lipinski definition) is 2. The standard InChI is InChI=1S/C13H27NO/c1-5-13(14,15)12-8-10(4)6-7-11(12)9(2)3/h9-12,15H,5-8,14H2,1-4H3. The van der Waals surface area contributed by atoms with E-state index in [1.165, 1.54) is 12.8 Å². The van der Waals surface area contributed by atoms with E-state index in [2.05, 4.69) is 20.8 Å². The van der Waals surface area contributed by atoms with Crippen LogP contribution in [0.1, 0.15) is 53.4 Å². The van der Waals surface area contributed by atoms with E-state index in [4.69, 9.17) is 5.73 Å². The summed E-state index contributed by atoms with van der Waals surface area (Å²) < 4.78 is 0. The molecule has 0 spiro atoms. The minimum absolute atomic E-state index is 0.284. The maximum atomic E-state index is 10.3. The molecule has 90 valence electrons. The minimum Gasteiger partial charge on any atom is -0.376 e. The largest absolute Gasteiger partial charge is 0.376 e. The lowest BCUT2D eigenvalue weighted by atomic mass is 9.66. The molecule has 0 aromatic heterocycles. The van der Waals surface area contributed by atoms with Crippen LogP contribution in [-0.2, 0) is 0 Å². The average Bonchev–Trinajstić information content (AvgIpc) is 2.17. The van der Waals surface area contributed by atoms with Crippen LogP contribution < -0.4 is 5.73 Å². The summed E-state index contributed by atoms with van der Waals surface area (Å²) in [6.45, 7) is 8.75. The van der Waals surface area contributed by atoms with Crippen LogP contribution in [0.2, 0.25) is 0 Å². The molecule has 4 atom stereocenters. The van der Waals surface area contributed by atoms with Crippen LogP contribution in [0.5, 0.6) is 0 Å². The highest BCUT2D eigenvalue weighted by Crippen LogP contribution is 2.42. The zero-order valence-electron chi connectivity index (χ0n) is 10.7. The van der Waals surface area contributed by atoms with Gasteiger partial charge in [-0.15, -0.1) is 0 Å². The van der Waals surface area contributed by atoms with Gasteiger partial charge in [0.05, 0.1) is 0 Å². The lowest BCUT2D eigenvalue weighted by molar-refractivity contribution is -0.0737. The predicted octanol–water partition coefficient (Wildman–Crippen LogP) is 2.75. The van der Waals surface area contributed by atoms with Gasteiger partial charge >= 0.3 is 0 Å². The fraction of sp³-hybridized carbons (Fsp3) is 1.00. The molecule has 2 nitrogen and oxygen atoms in total. The monoisotopic (exact) mass is 213 g/mol. The van der Waals surface area contributed by atoms with Crippen molar-refractivity contribution in [1.29, 1.82) is 0 Å². The van der Waals surface area contributed by atoms with Crippen LogP contribution in [0.25, 0.3) is 0 Å². The highest BCUT2D eigenvalue weighted by molar-refractivity contribution is 4.90. The summed E-state index contributed by atoms with van der Waals surface area (Å²) in [4.78, 5) is 0. The van der Waals surface area contributed by atoms with Gasteiger partial charge in [0, 0.05) is 5.92 Å². The quantitative estimate of drug-likeness (QED) is 0.708. The highest BCUT2D eigenvalue weighted by atomic mass is 16.3. The van der Waals surface area contributed by atoms with E-state index >= 15 is 0 Å². The molecule has 15 heavy (non-hydrogen) atoms. The van der Waals surface area contributed by atoms with E-state index in [1.807, 2.05) is 6.92 Å². The first-order chi connectivity index (χ1) is 6.88. The molecule has 0 radical (unpaired) electrons. The third-order valence-corrected chi connectivity index (χ3v) is 4.23. The third kappa shape index (κ3) is 2.94. The molecular weight excluding hydrogens is 186 g/mol. The molecule has 1 aliphatic rings. The topological polar surface area (TPSA) is 46.2 Å². The number of nitrogens with two attached hydrogens (primary N) is 1. The van der Waals surface area contributed by atoms with Crippen molar-refractivity contribution >= 4 is 0 Å². The van der Waals surface area contributed by atoms with Crippen LogP contribution in [0.3, 0.4) is 0 Å². The Hall–Kier alpha value is -0.0800. The van der Waals surface area contributed by atoms with Gasteiger partial charge in [-0.2, -0.15) is 0 Å². The van der Waals surface area contributed by atoms with E-state index < -0.39 is 5.72 Å². The maximum Gasteiger partial charge on any atom is 0.116 e. The zero-order chi connectivity index (χ0) is 11.6. The van der Waals surface area contributed by atoms with Crippen molar-refractivity contribution in [2.45, 2.75) is 59.1 Å². The van der Waals surface area contributed by atoms with Crippen molar-refractivity contribution in [3.05, 3.63) is 0 Å². The first-order valence-electron chi connectivity index (χ1n) is 6.39. The lowest BCUT2D eigenvalue weighted by Crippen LogP contribution is -2.52. The van der Waals surface area contributed by atoms with Crippen LogP contribution in [0.15, 0.2) is 0 Å². The SMILES string of the molecule is CCC(N)(O)C1CC(C)CCC1C(C)C. The van der Waals surface area contributed by atoms with Gasteiger partial charge in [-0.1, -0.05) is 34.1 Å². The van der Waals surface area contributed by atoms with Crippen LogP contribution in [-0.4, -0.2) is 10.8 Å². The van der Waals surface area contributed by atoms with Gasteiger partial charge in [-0.25, -0.2) is 0 Å². The van der Waals surface area contributed by atoms with Crippen molar-refractivity contribution < 1.29 is 5.11 Å². The van der Waals surface area contributed by atoms with Gasteiger partial charge in [-0.05, 0) is 37.0 Å². The Morgan fingerprint density at radius 3 is 2.47 bits per heavy atom. The molecule has 3 N–H and O–H groups in total. The van der Waals surface area contributed by atoms with Crippen LogP contribution in [0.4, 0.5) is 0 Å². The maximum absolute atomic E-state index is 10.3. The molecule has 0 aliphatic heterocycles. The first kappa shape index (κ1) is 13.0. The van der Waals surface area contributed by atoms with Gasteiger partial charge in [0.1, 0.15) is 5.72 Å². The van der Waals surface area contributed by atoms with Crippen molar-refractivity contribution in [2.75, 3.05) is 0 Å². The fourth-order valence-corrected chi connectivity index (χ4v) is 3.04. The Morgan fingerprint density at radius 1 is 1.40 bits per heavy atom. The van der Waals surface area contributed by atoms with E-state index in [-0.39, 0.29) is 5.92 Å². The molecule has 0 aromatic rings. The van der Waals surface area contributed by atoms with Crippen molar-refractivity contribution in [2.24, 2.45) is 29.4 Å². The van der Waals surface area contributed by atoms with Crippen LogP contribution in [0, 0.1) is 23.7 Å². The van der Waals surface area contributed by atoms with Crippen molar-refractivity contribution in [1.82, 2.24) is 0 Å². The Labute approximate surface area is 94.2 Å². The minimum atomic E-state index is -0.955. The molecular formula is C13H27NO. The van der Waals surface area contributed by atoms with Crippen LogP contribution >= 0.6 is 0 Å². The summed E-state index contributed by atoms with van der Waals surface area (Å²) in [5.41, 5.74) is 5.08. The van der Waals surface area contributed by atoms with Gasteiger partial charge < -0.3 is 10.8 Å². The second-order valence-electron chi connectivity index (χ2n) is 5.78. The van der Waals surface area contributed by atoms with Gasteiger partial charge in [0.2, 0.25) is 0 Å². The fourth-order valence-electron chi connectivity index (χ4n) is 3.04. The lowest BCUT2D eigenvalue weighted by Gasteiger charge is -2.44. The van der Waals surface area contributed by atoms with E-state index in [1.54, 1.807) is 0 Å². The second kappa shape index (κ2) is 4.84. The van der Waals surface area contributed by atoms with E-state index in [9.17, 15) is 5.11 Å². The van der Waals surface area contributed by atoms with Gasteiger partial charge in [-0.3, -0.25) is 0 Å². The van der Waals surface area contributed by atoms with Gasteiger partial charge in [0.25, 0.3) is 0 Å². The van der Waals surface area contributed by atoms with E-state index in [0.717, 1.165) is 6.42 Å². The Balaban J connectivity index is 2.79. The summed E-state index contributed by atoms with van der Waals surface area (Å²) in [5, 5.41) is 10.3.